The van der Waals surface area contributed by atoms with Crippen molar-refractivity contribution in [2.75, 3.05) is 13.2 Å². The molecule has 0 aromatic rings. The predicted octanol–water partition coefficient (Wildman–Crippen LogP) is 24.6. The van der Waals surface area contributed by atoms with Crippen molar-refractivity contribution < 1.29 is 28.6 Å². The molecular weight excluding hydrogens is 1020 g/mol. The fraction of sp³-hybridized carbons (Fsp3) is 0.727. The Morgan fingerprint density at radius 3 is 0.819 bits per heavy atom. The lowest BCUT2D eigenvalue weighted by atomic mass is 10.0. The Hall–Kier alpha value is -3.93. The number of hydrogen-bond donors (Lipinski definition) is 0. The van der Waals surface area contributed by atoms with Crippen LogP contribution >= 0.6 is 0 Å². The second kappa shape index (κ2) is 70.6. The topological polar surface area (TPSA) is 78.9 Å². The van der Waals surface area contributed by atoms with Gasteiger partial charge in [0.15, 0.2) is 6.10 Å². The van der Waals surface area contributed by atoms with E-state index in [1.807, 2.05) is 6.08 Å². The summed E-state index contributed by atoms with van der Waals surface area (Å²) in [7, 11) is 0. The minimum absolute atomic E-state index is 0.0977. The molecule has 0 fully saturated rings. The number of esters is 3. The van der Waals surface area contributed by atoms with E-state index in [1.165, 1.54) is 205 Å². The van der Waals surface area contributed by atoms with Gasteiger partial charge in [0.05, 0.1) is 0 Å². The Bertz CT molecular complexity index is 1660. The summed E-state index contributed by atoms with van der Waals surface area (Å²) in [6, 6.07) is 0. The van der Waals surface area contributed by atoms with Crippen LogP contribution in [0.4, 0.5) is 0 Å². The molecule has 0 aliphatic rings. The van der Waals surface area contributed by atoms with Gasteiger partial charge in [0.25, 0.3) is 0 Å². The number of unbranched alkanes of at least 4 members (excludes halogenated alkanes) is 35. The summed E-state index contributed by atoms with van der Waals surface area (Å²) in [5, 5.41) is 0. The van der Waals surface area contributed by atoms with Gasteiger partial charge in [0, 0.05) is 19.3 Å². The molecule has 1 atom stereocenters. The summed E-state index contributed by atoms with van der Waals surface area (Å²) < 4.78 is 16.9. The fourth-order valence-corrected chi connectivity index (χ4v) is 10.0. The fourth-order valence-electron chi connectivity index (χ4n) is 10.0. The third kappa shape index (κ3) is 68.7. The van der Waals surface area contributed by atoms with Crippen molar-refractivity contribution in [2.24, 2.45) is 0 Å². The molecular formula is C77H132O6. The zero-order valence-electron chi connectivity index (χ0n) is 54.7. The Balaban J connectivity index is 4.20. The highest BCUT2D eigenvalue weighted by atomic mass is 16.6. The second-order valence-electron chi connectivity index (χ2n) is 23.4. The molecule has 0 aliphatic carbocycles. The number of carbonyl (C=O) groups excluding carboxylic acids is 3. The van der Waals surface area contributed by atoms with Gasteiger partial charge in [0.2, 0.25) is 0 Å². The van der Waals surface area contributed by atoms with Crippen molar-refractivity contribution in [3.8, 4) is 0 Å². The number of allylic oxidation sites excluding steroid dienone is 18. The van der Waals surface area contributed by atoms with Gasteiger partial charge in [-0.15, -0.1) is 0 Å². The van der Waals surface area contributed by atoms with Crippen LogP contribution < -0.4 is 0 Å². The van der Waals surface area contributed by atoms with Crippen LogP contribution in [0.15, 0.2) is 109 Å². The lowest BCUT2D eigenvalue weighted by molar-refractivity contribution is -0.166. The average molecular weight is 1150 g/mol. The van der Waals surface area contributed by atoms with E-state index in [0.29, 0.717) is 19.3 Å². The van der Waals surface area contributed by atoms with Crippen molar-refractivity contribution in [1.29, 1.82) is 0 Å². The van der Waals surface area contributed by atoms with Gasteiger partial charge in [0.1, 0.15) is 13.2 Å². The van der Waals surface area contributed by atoms with Gasteiger partial charge in [-0.1, -0.05) is 323 Å². The second-order valence-corrected chi connectivity index (χ2v) is 23.4. The zero-order chi connectivity index (χ0) is 59.9. The molecule has 0 aliphatic heterocycles. The molecule has 0 saturated carbocycles. The van der Waals surface area contributed by atoms with Crippen molar-refractivity contribution in [2.45, 2.75) is 348 Å². The molecule has 0 amide bonds. The maximum absolute atomic E-state index is 12.9. The summed E-state index contributed by atoms with van der Waals surface area (Å²) in [5.41, 5.74) is 0. The van der Waals surface area contributed by atoms with Gasteiger partial charge in [-0.05, 0) is 109 Å². The van der Waals surface area contributed by atoms with Crippen molar-refractivity contribution in [3.63, 3.8) is 0 Å². The third-order valence-corrected chi connectivity index (χ3v) is 15.3. The molecule has 83 heavy (non-hydrogen) atoms. The first-order valence-corrected chi connectivity index (χ1v) is 35.4. The highest BCUT2D eigenvalue weighted by Gasteiger charge is 2.19. The van der Waals surface area contributed by atoms with Crippen LogP contribution in [0.5, 0.6) is 0 Å². The molecule has 0 N–H and O–H groups in total. The molecule has 476 valence electrons. The quantitative estimate of drug-likeness (QED) is 0.0261. The maximum atomic E-state index is 12.9. The standard InChI is InChI=1S/C77H132O6/c1-4-7-10-13-16-19-22-25-27-29-31-32-33-34-35-36-37-38-39-40-41-42-43-44-46-47-49-52-55-58-61-64-67-70-76(79)82-73-74(72-81-75(78)69-66-63-60-57-54-51-24-21-18-15-12-9-6-3)83-77(80)71-68-65-62-59-56-53-50-48-45-30-28-26-23-20-17-14-11-8-5-2/h7,9-10,12,16,18-19,21,25-28,31-32,51,54,60,63,74H,4-6,8,11,13-15,17,20,22-24,29-30,33-50,52-53,55-59,61-62,64-73H2,1-3H3/b10-7-,12-9-,19-16-,21-18-,27-25-,28-26-,32-31-,54-51-,63-60-. The molecule has 0 saturated heterocycles. The van der Waals surface area contributed by atoms with E-state index < -0.39 is 6.10 Å². The Kier molecular flexibility index (Phi) is 67.2. The Morgan fingerprint density at radius 1 is 0.253 bits per heavy atom. The van der Waals surface area contributed by atoms with Gasteiger partial charge < -0.3 is 14.2 Å². The molecule has 1 unspecified atom stereocenters. The molecule has 0 aromatic carbocycles. The molecule has 0 spiro atoms. The first kappa shape index (κ1) is 79.1. The first-order chi connectivity index (χ1) is 41.0. The van der Waals surface area contributed by atoms with E-state index in [4.69, 9.17) is 14.2 Å². The highest BCUT2D eigenvalue weighted by molar-refractivity contribution is 5.71. The summed E-state index contributed by atoms with van der Waals surface area (Å²) >= 11 is 0. The zero-order valence-corrected chi connectivity index (χ0v) is 54.7. The smallest absolute Gasteiger partial charge is 0.306 e. The Morgan fingerprint density at radius 2 is 0.494 bits per heavy atom. The molecule has 0 rings (SSSR count). The monoisotopic (exact) mass is 1150 g/mol. The van der Waals surface area contributed by atoms with E-state index in [1.54, 1.807) is 0 Å². The van der Waals surface area contributed by atoms with Crippen LogP contribution in [0.3, 0.4) is 0 Å². The van der Waals surface area contributed by atoms with Crippen LogP contribution in [0.1, 0.15) is 342 Å². The number of hydrogen-bond acceptors (Lipinski definition) is 6. The van der Waals surface area contributed by atoms with Crippen LogP contribution in [0.25, 0.3) is 0 Å². The van der Waals surface area contributed by atoms with Gasteiger partial charge in [-0.3, -0.25) is 14.4 Å². The molecule has 6 heteroatoms. The van der Waals surface area contributed by atoms with Gasteiger partial charge in [-0.2, -0.15) is 0 Å². The summed E-state index contributed by atoms with van der Waals surface area (Å²) in [6.07, 6.45) is 97.2. The predicted molar refractivity (Wildman–Crippen MR) is 362 cm³/mol. The molecule has 0 heterocycles. The number of ether oxygens (including phenoxy) is 3. The van der Waals surface area contributed by atoms with Gasteiger partial charge in [-0.25, -0.2) is 0 Å². The normalized spacial score (nSPS) is 12.8. The molecule has 0 radical (unpaired) electrons. The van der Waals surface area contributed by atoms with Crippen molar-refractivity contribution in [3.05, 3.63) is 109 Å². The minimum atomic E-state index is -0.808. The lowest BCUT2D eigenvalue weighted by Gasteiger charge is -2.18. The van der Waals surface area contributed by atoms with E-state index >= 15 is 0 Å². The average Bonchev–Trinajstić information content (AvgIpc) is 3.49. The summed E-state index contributed by atoms with van der Waals surface area (Å²) in [6.45, 7) is 6.38. The first-order valence-electron chi connectivity index (χ1n) is 35.4. The van der Waals surface area contributed by atoms with Crippen LogP contribution in [0.2, 0.25) is 0 Å². The molecule has 6 nitrogen and oxygen atoms in total. The highest BCUT2D eigenvalue weighted by Crippen LogP contribution is 2.17. The van der Waals surface area contributed by atoms with Crippen LogP contribution in [-0.2, 0) is 28.6 Å². The summed E-state index contributed by atoms with van der Waals surface area (Å²) in [5.74, 6) is -0.971. The van der Waals surface area contributed by atoms with Crippen molar-refractivity contribution in [1.82, 2.24) is 0 Å². The largest absolute Gasteiger partial charge is 0.462 e. The third-order valence-electron chi connectivity index (χ3n) is 15.3. The van der Waals surface area contributed by atoms with E-state index in [9.17, 15) is 14.4 Å². The van der Waals surface area contributed by atoms with Crippen LogP contribution in [0, 0.1) is 0 Å². The van der Waals surface area contributed by atoms with Gasteiger partial charge >= 0.3 is 17.9 Å². The Labute approximate surface area is 514 Å². The maximum Gasteiger partial charge on any atom is 0.306 e. The van der Waals surface area contributed by atoms with E-state index in [2.05, 4.69) is 124 Å². The molecule has 0 bridgehead atoms. The number of carbonyl (C=O) groups is 3. The van der Waals surface area contributed by atoms with Crippen molar-refractivity contribution >= 4 is 17.9 Å². The van der Waals surface area contributed by atoms with E-state index in [0.717, 1.165) is 89.9 Å². The number of rotatable bonds is 64. The SMILES string of the molecule is CC/C=C\C/C=C\C/C=C\C/C=C\CCCCCCCCCCCCCCCCCCCCCCC(=O)OCC(COC(=O)CC/C=C\C/C=C\C/C=C\C/C=C\CC)OC(=O)CCCCCCCCCCC/C=C\CCCCCCCC. The summed E-state index contributed by atoms with van der Waals surface area (Å²) in [4.78, 5) is 38.3. The molecule has 0 aromatic heterocycles. The van der Waals surface area contributed by atoms with E-state index in [-0.39, 0.29) is 37.5 Å². The minimum Gasteiger partial charge on any atom is -0.462 e. The van der Waals surface area contributed by atoms with Crippen LogP contribution in [-0.4, -0.2) is 37.2 Å². The lowest BCUT2D eigenvalue weighted by Crippen LogP contribution is -2.30.